The number of nitrogens with one attached hydrogen (secondary N) is 1. The second-order valence-corrected chi connectivity index (χ2v) is 6.44. The van der Waals surface area contributed by atoms with E-state index < -0.39 is 0 Å². The fourth-order valence-electron chi connectivity index (χ4n) is 2.76. The Bertz CT molecular complexity index is 708. The zero-order valence-electron chi connectivity index (χ0n) is 13.8. The molecule has 3 rings (SSSR count). The first-order valence-electron chi connectivity index (χ1n) is 8.17. The van der Waals surface area contributed by atoms with E-state index in [4.69, 9.17) is 16.0 Å². The minimum absolute atomic E-state index is 0.0149. The first kappa shape index (κ1) is 17.7. The van der Waals surface area contributed by atoms with Gasteiger partial charge in [-0.3, -0.25) is 19.4 Å². The summed E-state index contributed by atoms with van der Waals surface area (Å²) < 4.78 is 5.13. The highest BCUT2D eigenvalue weighted by molar-refractivity contribution is 6.30. The Hall–Kier alpha value is -2.15. The molecule has 1 aliphatic heterocycles. The molecule has 2 aromatic rings. The quantitative estimate of drug-likeness (QED) is 0.800. The van der Waals surface area contributed by atoms with Crippen LogP contribution in [-0.4, -0.2) is 60.8 Å². The van der Waals surface area contributed by atoms with Crippen molar-refractivity contribution in [3.63, 3.8) is 0 Å². The number of nitrogens with zero attached hydrogens (tertiary/aromatic N) is 2. The van der Waals surface area contributed by atoms with Crippen LogP contribution < -0.4 is 5.32 Å². The Morgan fingerprint density at radius 2 is 1.64 bits per heavy atom. The van der Waals surface area contributed by atoms with Gasteiger partial charge in [-0.2, -0.15) is 0 Å². The molecule has 25 heavy (non-hydrogen) atoms. The van der Waals surface area contributed by atoms with Crippen LogP contribution in [0, 0.1) is 0 Å². The molecule has 1 amide bonds. The molecule has 0 aliphatic carbocycles. The van der Waals surface area contributed by atoms with E-state index in [1.807, 2.05) is 0 Å². The van der Waals surface area contributed by atoms with Crippen molar-refractivity contribution in [3.05, 3.63) is 53.4 Å². The van der Waals surface area contributed by atoms with Crippen LogP contribution in [0.3, 0.4) is 0 Å². The summed E-state index contributed by atoms with van der Waals surface area (Å²) >= 11 is 5.83. The van der Waals surface area contributed by atoms with Gasteiger partial charge in [0.25, 0.3) is 0 Å². The predicted octanol–water partition coefficient (Wildman–Crippen LogP) is 2.37. The third-order valence-electron chi connectivity index (χ3n) is 4.12. The van der Waals surface area contributed by atoms with Gasteiger partial charge in [-0.25, -0.2) is 0 Å². The maximum Gasteiger partial charge on any atom is 0.238 e. The van der Waals surface area contributed by atoms with Crippen molar-refractivity contribution in [1.82, 2.24) is 9.80 Å². The SMILES string of the molecule is O=C(CN1CCN(CC(=O)c2ccco2)CC1)Nc1ccc(Cl)cc1. The summed E-state index contributed by atoms with van der Waals surface area (Å²) in [6, 6.07) is 10.4. The number of benzene rings is 1. The number of carbonyl (C=O) groups is 2. The molecule has 1 aromatic carbocycles. The fraction of sp³-hybridized carbons (Fsp3) is 0.333. The van der Waals surface area contributed by atoms with E-state index in [9.17, 15) is 9.59 Å². The largest absolute Gasteiger partial charge is 0.461 e. The van der Waals surface area contributed by atoms with Crippen LogP contribution in [0.5, 0.6) is 0 Å². The highest BCUT2D eigenvalue weighted by Crippen LogP contribution is 2.13. The highest BCUT2D eigenvalue weighted by atomic mass is 35.5. The van der Waals surface area contributed by atoms with Crippen LogP contribution >= 0.6 is 11.6 Å². The van der Waals surface area contributed by atoms with Crippen molar-refractivity contribution in [2.45, 2.75) is 0 Å². The van der Waals surface area contributed by atoms with Gasteiger partial charge in [0.05, 0.1) is 19.4 Å². The van der Waals surface area contributed by atoms with E-state index in [2.05, 4.69) is 15.1 Å². The summed E-state index contributed by atoms with van der Waals surface area (Å²) in [5.41, 5.74) is 0.733. The summed E-state index contributed by atoms with van der Waals surface area (Å²) in [4.78, 5) is 28.3. The first-order chi connectivity index (χ1) is 12.1. The van der Waals surface area contributed by atoms with Crippen molar-refractivity contribution in [2.24, 2.45) is 0 Å². The van der Waals surface area contributed by atoms with Crippen molar-refractivity contribution in [3.8, 4) is 0 Å². The maximum atomic E-state index is 12.1. The van der Waals surface area contributed by atoms with E-state index in [-0.39, 0.29) is 11.7 Å². The second kappa shape index (κ2) is 8.29. The molecule has 0 spiro atoms. The fourth-order valence-corrected chi connectivity index (χ4v) is 2.89. The van der Waals surface area contributed by atoms with E-state index in [1.54, 1.807) is 36.4 Å². The van der Waals surface area contributed by atoms with E-state index in [0.29, 0.717) is 23.9 Å². The van der Waals surface area contributed by atoms with Gasteiger partial charge in [-0.05, 0) is 36.4 Å². The van der Waals surface area contributed by atoms with Gasteiger partial charge in [0.1, 0.15) is 0 Å². The number of piperazine rings is 1. The molecule has 1 saturated heterocycles. The lowest BCUT2D eigenvalue weighted by Crippen LogP contribution is -2.49. The molecular formula is C18H20ClN3O3. The molecule has 1 aromatic heterocycles. The number of anilines is 1. The van der Waals surface area contributed by atoms with E-state index in [0.717, 1.165) is 31.9 Å². The summed E-state index contributed by atoms with van der Waals surface area (Å²) in [5, 5.41) is 3.50. The number of furan rings is 1. The van der Waals surface area contributed by atoms with Gasteiger partial charge in [-0.15, -0.1) is 0 Å². The number of rotatable bonds is 6. The number of carbonyl (C=O) groups excluding carboxylic acids is 2. The van der Waals surface area contributed by atoms with Crippen LogP contribution in [0.25, 0.3) is 0 Å². The average Bonchev–Trinajstić information content (AvgIpc) is 3.13. The van der Waals surface area contributed by atoms with Crippen molar-refractivity contribution in [1.29, 1.82) is 0 Å². The molecule has 0 bridgehead atoms. The van der Waals surface area contributed by atoms with Crippen molar-refractivity contribution < 1.29 is 14.0 Å². The molecule has 1 aliphatic rings. The Morgan fingerprint density at radius 3 is 2.24 bits per heavy atom. The third kappa shape index (κ3) is 5.16. The number of amides is 1. The smallest absolute Gasteiger partial charge is 0.238 e. The van der Waals surface area contributed by atoms with Crippen LogP contribution in [-0.2, 0) is 4.79 Å². The lowest BCUT2D eigenvalue weighted by atomic mass is 10.2. The molecule has 7 heteroatoms. The molecule has 2 heterocycles. The predicted molar refractivity (Wildman–Crippen MR) is 96.0 cm³/mol. The summed E-state index contributed by atoms with van der Waals surface area (Å²) in [7, 11) is 0. The standard InChI is InChI=1S/C18H20ClN3O3/c19-14-3-5-15(6-4-14)20-18(24)13-22-9-7-21(8-10-22)12-16(23)17-2-1-11-25-17/h1-6,11H,7-10,12-13H2,(H,20,24). The maximum absolute atomic E-state index is 12.1. The van der Waals surface area contributed by atoms with Gasteiger partial charge < -0.3 is 9.73 Å². The number of Topliss-reactive ketones (excluding diaryl/α,β-unsaturated/α-hetero) is 1. The van der Waals surface area contributed by atoms with Gasteiger partial charge in [0.15, 0.2) is 5.76 Å². The Labute approximate surface area is 151 Å². The zero-order valence-corrected chi connectivity index (χ0v) is 14.5. The minimum atomic E-state index is -0.0533. The van der Waals surface area contributed by atoms with Crippen LogP contribution in [0.1, 0.15) is 10.6 Å². The van der Waals surface area contributed by atoms with Gasteiger partial charge in [0, 0.05) is 36.9 Å². The average molecular weight is 362 g/mol. The van der Waals surface area contributed by atoms with Crippen LogP contribution in [0.4, 0.5) is 5.69 Å². The third-order valence-corrected chi connectivity index (χ3v) is 4.38. The lowest BCUT2D eigenvalue weighted by Gasteiger charge is -2.33. The van der Waals surface area contributed by atoms with Crippen molar-refractivity contribution >= 4 is 29.0 Å². The number of hydrogen-bond donors (Lipinski definition) is 1. The van der Waals surface area contributed by atoms with Gasteiger partial charge >= 0.3 is 0 Å². The van der Waals surface area contributed by atoms with Crippen molar-refractivity contribution in [2.75, 3.05) is 44.6 Å². The monoisotopic (exact) mass is 361 g/mol. The summed E-state index contributed by atoms with van der Waals surface area (Å²) in [6.45, 7) is 3.68. The van der Waals surface area contributed by atoms with Crippen LogP contribution in [0.2, 0.25) is 5.02 Å². The lowest BCUT2D eigenvalue weighted by molar-refractivity contribution is -0.117. The van der Waals surface area contributed by atoms with E-state index >= 15 is 0 Å². The number of halogens is 1. The van der Waals surface area contributed by atoms with Gasteiger partial charge in [0.2, 0.25) is 11.7 Å². The molecule has 0 unspecified atom stereocenters. The molecule has 1 fully saturated rings. The topological polar surface area (TPSA) is 65.8 Å². The van der Waals surface area contributed by atoms with E-state index in [1.165, 1.54) is 6.26 Å². The Morgan fingerprint density at radius 1 is 1.00 bits per heavy atom. The molecule has 1 N–H and O–H groups in total. The molecular weight excluding hydrogens is 342 g/mol. The molecule has 6 nitrogen and oxygen atoms in total. The second-order valence-electron chi connectivity index (χ2n) is 6.01. The molecule has 0 saturated carbocycles. The van der Waals surface area contributed by atoms with Crippen LogP contribution in [0.15, 0.2) is 47.1 Å². The van der Waals surface area contributed by atoms with Gasteiger partial charge in [-0.1, -0.05) is 11.6 Å². The number of ketones is 1. The Balaban J connectivity index is 1.40. The minimum Gasteiger partial charge on any atom is -0.461 e. The molecule has 132 valence electrons. The normalized spacial score (nSPS) is 15.9. The molecule has 0 atom stereocenters. The summed E-state index contributed by atoms with van der Waals surface area (Å²) in [5.74, 6) is 0.325. The molecule has 0 radical (unpaired) electrons. The Kier molecular flexibility index (Phi) is 5.86. The zero-order chi connectivity index (χ0) is 17.6. The highest BCUT2D eigenvalue weighted by Gasteiger charge is 2.21. The summed E-state index contributed by atoms with van der Waals surface area (Å²) in [6.07, 6.45) is 1.50. The first-order valence-corrected chi connectivity index (χ1v) is 8.55. The number of hydrogen-bond acceptors (Lipinski definition) is 5.